The van der Waals surface area contributed by atoms with E-state index in [1.165, 1.54) is 6.07 Å². The molecule has 1 aromatic rings. The highest BCUT2D eigenvalue weighted by molar-refractivity contribution is 14.1. The zero-order valence-electron chi connectivity index (χ0n) is 10.2. The van der Waals surface area contributed by atoms with Crippen LogP contribution in [0.3, 0.4) is 0 Å². The predicted octanol–water partition coefficient (Wildman–Crippen LogP) is 1.93. The van der Waals surface area contributed by atoms with E-state index in [1.807, 2.05) is 0 Å². The van der Waals surface area contributed by atoms with Crippen molar-refractivity contribution in [2.75, 3.05) is 13.1 Å². The molecule has 19 heavy (non-hydrogen) atoms. The van der Waals surface area contributed by atoms with Gasteiger partial charge in [-0.3, -0.25) is 9.59 Å². The third-order valence-electron chi connectivity index (χ3n) is 3.23. The lowest BCUT2D eigenvalue weighted by atomic mass is 10.1. The number of carbonyl (C=O) groups excluding carboxylic acids is 1. The highest BCUT2D eigenvalue weighted by Crippen LogP contribution is 2.26. The van der Waals surface area contributed by atoms with Crippen LogP contribution in [0.15, 0.2) is 18.2 Å². The maximum atomic E-state index is 12.3. The Morgan fingerprint density at radius 1 is 1.42 bits per heavy atom. The Morgan fingerprint density at radius 2 is 2.16 bits per heavy atom. The molecule has 1 amide bonds. The van der Waals surface area contributed by atoms with Crippen LogP contribution in [0.25, 0.3) is 0 Å². The lowest BCUT2D eigenvalue weighted by Crippen LogP contribution is -2.29. The number of aliphatic carboxylic acids is 1. The first-order valence-corrected chi connectivity index (χ1v) is 7.05. The molecule has 1 saturated heterocycles. The second-order valence-electron chi connectivity index (χ2n) is 4.67. The number of nitrogens with zero attached hydrogens (tertiary/aromatic N) is 1. The Hall–Kier alpha value is -1.31. The van der Waals surface area contributed by atoms with Crippen LogP contribution in [0.2, 0.25) is 0 Å². The molecule has 0 aromatic heterocycles. The molecular formula is C13H14INO4. The number of carboxylic acids is 1. The molecule has 1 fully saturated rings. The zero-order chi connectivity index (χ0) is 14.0. The van der Waals surface area contributed by atoms with E-state index >= 15 is 0 Å². The first-order chi connectivity index (χ1) is 8.97. The second-order valence-corrected chi connectivity index (χ2v) is 5.91. The van der Waals surface area contributed by atoms with Crippen molar-refractivity contribution in [2.45, 2.75) is 12.8 Å². The van der Waals surface area contributed by atoms with Crippen LogP contribution in [-0.4, -0.2) is 40.1 Å². The van der Waals surface area contributed by atoms with Gasteiger partial charge in [0.25, 0.3) is 5.91 Å². The molecule has 0 bridgehead atoms. The quantitative estimate of drug-likeness (QED) is 0.792. The number of hydrogen-bond acceptors (Lipinski definition) is 3. The van der Waals surface area contributed by atoms with Crippen LogP contribution >= 0.6 is 22.6 Å². The van der Waals surface area contributed by atoms with E-state index in [0.717, 1.165) is 3.57 Å². The summed E-state index contributed by atoms with van der Waals surface area (Å²) >= 11 is 2.08. The van der Waals surface area contributed by atoms with Gasteiger partial charge in [0.15, 0.2) is 0 Å². The largest absolute Gasteiger partial charge is 0.507 e. The Morgan fingerprint density at radius 3 is 2.84 bits per heavy atom. The molecule has 1 aliphatic heterocycles. The number of halogens is 1. The van der Waals surface area contributed by atoms with Crippen molar-refractivity contribution in [3.8, 4) is 5.75 Å². The average molecular weight is 375 g/mol. The van der Waals surface area contributed by atoms with Gasteiger partial charge in [-0.15, -0.1) is 0 Å². The Balaban J connectivity index is 2.09. The van der Waals surface area contributed by atoms with Crippen molar-refractivity contribution in [1.82, 2.24) is 4.90 Å². The number of rotatable bonds is 3. The van der Waals surface area contributed by atoms with Gasteiger partial charge in [0.1, 0.15) is 5.75 Å². The molecule has 1 aliphatic rings. The summed E-state index contributed by atoms with van der Waals surface area (Å²) in [5.74, 6) is -1.10. The van der Waals surface area contributed by atoms with Crippen LogP contribution in [0.5, 0.6) is 5.75 Å². The number of phenols is 1. The normalized spacial score (nSPS) is 18.6. The summed E-state index contributed by atoms with van der Waals surface area (Å²) < 4.78 is 0.875. The maximum absolute atomic E-state index is 12.3. The van der Waals surface area contributed by atoms with Crippen molar-refractivity contribution in [2.24, 2.45) is 5.92 Å². The summed E-state index contributed by atoms with van der Waals surface area (Å²) in [5, 5.41) is 18.5. The summed E-state index contributed by atoms with van der Waals surface area (Å²) in [6.45, 7) is 0.984. The SMILES string of the molecule is O=C(O)CC1CCN(C(=O)c2cc(I)ccc2O)C1. The van der Waals surface area contributed by atoms with Gasteiger partial charge in [0.05, 0.1) is 5.56 Å². The molecule has 2 rings (SSSR count). The zero-order valence-corrected chi connectivity index (χ0v) is 12.3. The van der Waals surface area contributed by atoms with Crippen molar-refractivity contribution in [3.63, 3.8) is 0 Å². The molecule has 0 aliphatic carbocycles. The number of carbonyl (C=O) groups is 2. The van der Waals surface area contributed by atoms with Crippen molar-refractivity contribution < 1.29 is 19.8 Å². The molecular weight excluding hydrogens is 361 g/mol. The Bertz CT molecular complexity index is 517. The summed E-state index contributed by atoms with van der Waals surface area (Å²) in [6.07, 6.45) is 0.783. The monoisotopic (exact) mass is 375 g/mol. The van der Waals surface area contributed by atoms with E-state index in [1.54, 1.807) is 17.0 Å². The lowest BCUT2D eigenvalue weighted by Gasteiger charge is -2.17. The molecule has 0 spiro atoms. The minimum absolute atomic E-state index is 0.00590. The third-order valence-corrected chi connectivity index (χ3v) is 3.90. The van der Waals surface area contributed by atoms with E-state index in [2.05, 4.69) is 22.6 Å². The van der Waals surface area contributed by atoms with Crippen LogP contribution in [0.1, 0.15) is 23.2 Å². The molecule has 2 N–H and O–H groups in total. The number of hydrogen-bond donors (Lipinski definition) is 2. The van der Waals surface area contributed by atoms with E-state index in [0.29, 0.717) is 19.5 Å². The molecule has 0 saturated carbocycles. The van der Waals surface area contributed by atoms with E-state index in [4.69, 9.17) is 5.11 Å². The average Bonchev–Trinajstić information content (AvgIpc) is 2.79. The smallest absolute Gasteiger partial charge is 0.303 e. The fraction of sp³-hybridized carbons (Fsp3) is 0.385. The molecule has 6 heteroatoms. The van der Waals surface area contributed by atoms with Gasteiger partial charge in [-0.1, -0.05) is 0 Å². The lowest BCUT2D eigenvalue weighted by molar-refractivity contribution is -0.138. The van der Waals surface area contributed by atoms with Gasteiger partial charge in [-0.05, 0) is 53.1 Å². The fourth-order valence-electron chi connectivity index (χ4n) is 2.28. The maximum Gasteiger partial charge on any atom is 0.303 e. The van der Waals surface area contributed by atoms with Crippen LogP contribution in [-0.2, 0) is 4.79 Å². The van der Waals surface area contributed by atoms with Crippen LogP contribution in [0.4, 0.5) is 0 Å². The first kappa shape index (κ1) is 14.1. The summed E-state index contributed by atoms with van der Waals surface area (Å²) in [6, 6.07) is 4.87. The minimum Gasteiger partial charge on any atom is -0.507 e. The standard InChI is InChI=1S/C13H14INO4/c14-9-1-2-11(16)10(6-9)13(19)15-4-3-8(7-15)5-12(17)18/h1-2,6,8,16H,3-5,7H2,(H,17,18). The van der Waals surface area contributed by atoms with Gasteiger partial charge < -0.3 is 15.1 Å². The van der Waals surface area contributed by atoms with E-state index in [9.17, 15) is 14.7 Å². The Labute approximate surface area is 124 Å². The fourth-order valence-corrected chi connectivity index (χ4v) is 2.77. The van der Waals surface area contributed by atoms with Gasteiger partial charge in [-0.2, -0.15) is 0 Å². The number of aromatic hydroxyl groups is 1. The van der Waals surface area contributed by atoms with Gasteiger partial charge in [-0.25, -0.2) is 0 Å². The van der Waals surface area contributed by atoms with Gasteiger partial charge in [0.2, 0.25) is 0 Å². The topological polar surface area (TPSA) is 77.8 Å². The van der Waals surface area contributed by atoms with E-state index < -0.39 is 5.97 Å². The molecule has 0 radical (unpaired) electrons. The molecule has 1 atom stereocenters. The predicted molar refractivity (Wildman–Crippen MR) is 77.1 cm³/mol. The van der Waals surface area contributed by atoms with Crippen LogP contribution < -0.4 is 0 Å². The number of likely N-dealkylation sites (tertiary alicyclic amines) is 1. The molecule has 1 unspecified atom stereocenters. The Kier molecular flexibility index (Phi) is 4.28. The number of phenolic OH excluding ortho intramolecular Hbond substituents is 1. The van der Waals surface area contributed by atoms with Crippen molar-refractivity contribution >= 4 is 34.5 Å². The molecule has 1 aromatic carbocycles. The second kappa shape index (κ2) is 5.77. The van der Waals surface area contributed by atoms with Gasteiger partial charge >= 0.3 is 5.97 Å². The summed E-state index contributed by atoms with van der Waals surface area (Å²) in [5.41, 5.74) is 0.280. The molecule has 5 nitrogen and oxygen atoms in total. The van der Waals surface area contributed by atoms with Crippen molar-refractivity contribution in [3.05, 3.63) is 27.3 Å². The van der Waals surface area contributed by atoms with Gasteiger partial charge in [0, 0.05) is 23.1 Å². The number of benzene rings is 1. The molecule has 1 heterocycles. The van der Waals surface area contributed by atoms with Crippen LogP contribution in [0, 0.1) is 9.49 Å². The highest BCUT2D eigenvalue weighted by Gasteiger charge is 2.29. The third kappa shape index (κ3) is 3.37. The minimum atomic E-state index is -0.837. The molecule has 102 valence electrons. The van der Waals surface area contributed by atoms with E-state index in [-0.39, 0.29) is 29.6 Å². The summed E-state index contributed by atoms with van der Waals surface area (Å²) in [7, 11) is 0. The number of carboxylic acid groups (broad SMARTS) is 1. The number of amides is 1. The van der Waals surface area contributed by atoms with Crippen molar-refractivity contribution in [1.29, 1.82) is 0 Å². The first-order valence-electron chi connectivity index (χ1n) is 5.97. The summed E-state index contributed by atoms with van der Waals surface area (Å²) in [4.78, 5) is 24.5. The highest BCUT2D eigenvalue weighted by atomic mass is 127.